The Hall–Kier alpha value is -2.37. The minimum atomic E-state index is -0.768. The van der Waals surface area contributed by atoms with Gasteiger partial charge in [0, 0.05) is 19.3 Å². The van der Waals surface area contributed by atoms with Crippen LogP contribution in [0, 0.1) is 0 Å². The molecule has 0 aromatic rings. The Bertz CT molecular complexity index is 1270. The summed E-state index contributed by atoms with van der Waals surface area (Å²) >= 11 is 0. The summed E-state index contributed by atoms with van der Waals surface area (Å²) < 4.78 is 16.8. The van der Waals surface area contributed by atoms with Gasteiger partial charge in [0.25, 0.3) is 0 Å². The molecule has 446 valence electrons. The van der Waals surface area contributed by atoms with Crippen LogP contribution < -0.4 is 0 Å². The molecule has 0 aliphatic rings. The van der Waals surface area contributed by atoms with Crippen molar-refractivity contribution in [1.82, 2.24) is 0 Å². The number of unbranched alkanes of at least 4 members (excludes halogenated alkanes) is 46. The van der Waals surface area contributed by atoms with Crippen LogP contribution in [0.4, 0.5) is 0 Å². The summed E-state index contributed by atoms with van der Waals surface area (Å²) in [5.41, 5.74) is 0. The molecule has 0 fully saturated rings. The molecular weight excluding hydrogens is 937 g/mol. The number of allylic oxidation sites excluding steroid dienone is 6. The van der Waals surface area contributed by atoms with Crippen molar-refractivity contribution >= 4 is 17.9 Å². The molecule has 0 heterocycles. The van der Waals surface area contributed by atoms with Crippen molar-refractivity contribution < 1.29 is 28.6 Å². The molecular formula is C70H130O6. The smallest absolute Gasteiger partial charge is 0.306 e. The van der Waals surface area contributed by atoms with E-state index in [9.17, 15) is 14.4 Å². The Labute approximate surface area is 474 Å². The van der Waals surface area contributed by atoms with Crippen molar-refractivity contribution in [2.45, 2.75) is 380 Å². The number of hydrogen-bond acceptors (Lipinski definition) is 6. The molecule has 0 aromatic carbocycles. The fourth-order valence-corrected chi connectivity index (χ4v) is 10.2. The number of carbonyl (C=O) groups excluding carboxylic acids is 3. The average Bonchev–Trinajstić information content (AvgIpc) is 3.42. The molecule has 0 saturated carbocycles. The molecule has 0 rings (SSSR count). The molecule has 0 radical (unpaired) electrons. The van der Waals surface area contributed by atoms with Crippen LogP contribution in [-0.2, 0) is 28.6 Å². The fourth-order valence-electron chi connectivity index (χ4n) is 10.2. The second kappa shape index (κ2) is 65.2. The van der Waals surface area contributed by atoms with Crippen LogP contribution in [0.5, 0.6) is 0 Å². The third-order valence-corrected chi connectivity index (χ3v) is 15.4. The summed E-state index contributed by atoms with van der Waals surface area (Å²) in [7, 11) is 0. The standard InChI is InChI=1S/C70H130O6/c1-4-7-10-13-16-18-20-22-24-26-28-30-32-33-34-35-36-37-39-40-42-44-46-48-50-52-54-57-60-63-69(72)75-66-67(65-74-68(71)62-59-56-15-12-9-6-3)76-70(73)64-61-58-55-53-51-49-47-45-43-41-38-31-29-27-25-23-21-19-17-14-11-8-5-2/h21,23,26-29,67H,4-20,22,24-25,30-66H2,1-3H3/b23-21-,28-26-,29-27-. The highest BCUT2D eigenvalue weighted by Crippen LogP contribution is 2.18. The van der Waals surface area contributed by atoms with Gasteiger partial charge in [-0.2, -0.15) is 0 Å². The molecule has 0 spiro atoms. The van der Waals surface area contributed by atoms with Gasteiger partial charge in [0.15, 0.2) is 6.10 Å². The molecule has 0 N–H and O–H groups in total. The topological polar surface area (TPSA) is 78.9 Å². The van der Waals surface area contributed by atoms with Crippen molar-refractivity contribution in [1.29, 1.82) is 0 Å². The Morgan fingerprint density at radius 1 is 0.263 bits per heavy atom. The predicted octanol–water partition coefficient (Wildman–Crippen LogP) is 23.2. The first-order chi connectivity index (χ1) is 37.5. The van der Waals surface area contributed by atoms with Gasteiger partial charge in [-0.15, -0.1) is 0 Å². The lowest BCUT2D eigenvalue weighted by Crippen LogP contribution is -2.30. The van der Waals surface area contributed by atoms with Gasteiger partial charge in [0.2, 0.25) is 0 Å². The van der Waals surface area contributed by atoms with E-state index in [1.165, 1.54) is 270 Å². The molecule has 6 heteroatoms. The molecule has 0 bridgehead atoms. The third-order valence-electron chi connectivity index (χ3n) is 15.4. The molecule has 0 aromatic heterocycles. The van der Waals surface area contributed by atoms with E-state index in [4.69, 9.17) is 14.2 Å². The van der Waals surface area contributed by atoms with Crippen molar-refractivity contribution in [3.8, 4) is 0 Å². The maximum Gasteiger partial charge on any atom is 0.306 e. The van der Waals surface area contributed by atoms with Crippen LogP contribution in [0.15, 0.2) is 36.5 Å². The summed E-state index contributed by atoms with van der Waals surface area (Å²) in [5.74, 6) is -0.858. The largest absolute Gasteiger partial charge is 0.462 e. The lowest BCUT2D eigenvalue weighted by molar-refractivity contribution is -0.167. The molecule has 1 unspecified atom stereocenters. The van der Waals surface area contributed by atoms with E-state index < -0.39 is 6.10 Å². The van der Waals surface area contributed by atoms with Crippen LogP contribution in [-0.4, -0.2) is 37.2 Å². The summed E-state index contributed by atoms with van der Waals surface area (Å²) in [6.07, 6.45) is 80.7. The van der Waals surface area contributed by atoms with E-state index in [1.807, 2.05) is 0 Å². The lowest BCUT2D eigenvalue weighted by Gasteiger charge is -2.18. The molecule has 0 amide bonds. The Morgan fingerprint density at radius 2 is 0.474 bits per heavy atom. The summed E-state index contributed by atoms with van der Waals surface area (Å²) in [4.78, 5) is 38.1. The zero-order valence-corrected chi connectivity index (χ0v) is 51.3. The van der Waals surface area contributed by atoms with Crippen LogP contribution >= 0.6 is 0 Å². The Balaban J connectivity index is 4.00. The van der Waals surface area contributed by atoms with Gasteiger partial charge in [-0.3, -0.25) is 14.4 Å². The highest BCUT2D eigenvalue weighted by molar-refractivity contribution is 5.71. The maximum atomic E-state index is 12.9. The highest BCUT2D eigenvalue weighted by Gasteiger charge is 2.19. The first-order valence-corrected chi connectivity index (χ1v) is 34.0. The zero-order chi connectivity index (χ0) is 55.0. The lowest BCUT2D eigenvalue weighted by atomic mass is 10.0. The van der Waals surface area contributed by atoms with E-state index in [1.54, 1.807) is 0 Å². The summed E-state index contributed by atoms with van der Waals surface area (Å²) in [6.45, 7) is 6.63. The van der Waals surface area contributed by atoms with Crippen molar-refractivity contribution in [2.75, 3.05) is 13.2 Å². The molecule has 1 atom stereocenters. The third kappa shape index (κ3) is 62.5. The first-order valence-electron chi connectivity index (χ1n) is 34.0. The number of esters is 3. The quantitative estimate of drug-likeness (QED) is 0.0261. The van der Waals surface area contributed by atoms with E-state index >= 15 is 0 Å². The maximum absolute atomic E-state index is 12.9. The van der Waals surface area contributed by atoms with Gasteiger partial charge in [-0.05, 0) is 77.0 Å². The minimum absolute atomic E-state index is 0.0686. The van der Waals surface area contributed by atoms with E-state index in [2.05, 4.69) is 57.2 Å². The van der Waals surface area contributed by atoms with Crippen LogP contribution in [0.2, 0.25) is 0 Å². The molecule has 76 heavy (non-hydrogen) atoms. The van der Waals surface area contributed by atoms with Crippen LogP contribution in [0.1, 0.15) is 374 Å². The second-order valence-corrected chi connectivity index (χ2v) is 23.1. The summed E-state index contributed by atoms with van der Waals surface area (Å²) in [5, 5.41) is 0. The number of ether oxygens (including phenoxy) is 3. The Kier molecular flexibility index (Phi) is 63.1. The molecule has 0 aliphatic carbocycles. The first kappa shape index (κ1) is 73.6. The fraction of sp³-hybridized carbons (Fsp3) is 0.871. The second-order valence-electron chi connectivity index (χ2n) is 23.1. The van der Waals surface area contributed by atoms with E-state index in [0.717, 1.165) is 64.2 Å². The average molecular weight is 1070 g/mol. The SMILES string of the molecule is CCCCCCC/C=C\C/C=C\CCCCCCCCCCCCCC(=O)OC(COC(=O)CCCCCCCC)COC(=O)CCCCCCCCCCCCCCCCCCC/C=C\CCCCCCCCCC. The number of rotatable bonds is 63. The van der Waals surface area contributed by atoms with Crippen molar-refractivity contribution in [2.24, 2.45) is 0 Å². The van der Waals surface area contributed by atoms with Gasteiger partial charge >= 0.3 is 17.9 Å². The molecule has 6 nitrogen and oxygen atoms in total. The molecule has 0 aliphatic heterocycles. The Morgan fingerprint density at radius 3 is 0.737 bits per heavy atom. The number of carbonyl (C=O) groups is 3. The zero-order valence-electron chi connectivity index (χ0n) is 51.3. The van der Waals surface area contributed by atoms with E-state index in [-0.39, 0.29) is 31.1 Å². The van der Waals surface area contributed by atoms with Crippen molar-refractivity contribution in [3.63, 3.8) is 0 Å². The highest BCUT2D eigenvalue weighted by atomic mass is 16.6. The predicted molar refractivity (Wildman–Crippen MR) is 330 cm³/mol. The van der Waals surface area contributed by atoms with Gasteiger partial charge < -0.3 is 14.2 Å². The van der Waals surface area contributed by atoms with Crippen molar-refractivity contribution in [3.05, 3.63) is 36.5 Å². The van der Waals surface area contributed by atoms with Gasteiger partial charge in [0.05, 0.1) is 0 Å². The van der Waals surface area contributed by atoms with Crippen LogP contribution in [0.25, 0.3) is 0 Å². The van der Waals surface area contributed by atoms with Gasteiger partial charge in [0.1, 0.15) is 13.2 Å². The normalized spacial score (nSPS) is 12.2. The van der Waals surface area contributed by atoms with Gasteiger partial charge in [-0.25, -0.2) is 0 Å². The minimum Gasteiger partial charge on any atom is -0.462 e. The van der Waals surface area contributed by atoms with Crippen LogP contribution in [0.3, 0.4) is 0 Å². The van der Waals surface area contributed by atoms with Gasteiger partial charge in [-0.1, -0.05) is 314 Å². The van der Waals surface area contributed by atoms with E-state index in [0.29, 0.717) is 19.3 Å². The molecule has 0 saturated heterocycles. The number of hydrogen-bond donors (Lipinski definition) is 0. The monoisotopic (exact) mass is 1070 g/mol. The summed E-state index contributed by atoms with van der Waals surface area (Å²) in [6, 6.07) is 0.